The maximum absolute atomic E-state index is 10.9. The SMILES string of the molecule is CCCCCCCCC1CCN(c2ccc(C(=O)O)cc2)CC1. The molecule has 1 saturated heterocycles. The van der Waals surface area contributed by atoms with Crippen molar-refractivity contribution < 1.29 is 9.90 Å². The van der Waals surface area contributed by atoms with Crippen molar-refractivity contribution in [2.24, 2.45) is 5.92 Å². The van der Waals surface area contributed by atoms with E-state index in [0.717, 1.165) is 24.7 Å². The lowest BCUT2D eigenvalue weighted by Gasteiger charge is -2.33. The van der Waals surface area contributed by atoms with E-state index in [-0.39, 0.29) is 0 Å². The highest BCUT2D eigenvalue weighted by atomic mass is 16.4. The van der Waals surface area contributed by atoms with Gasteiger partial charge in [-0.25, -0.2) is 4.79 Å². The van der Waals surface area contributed by atoms with Crippen molar-refractivity contribution in [1.29, 1.82) is 0 Å². The summed E-state index contributed by atoms with van der Waals surface area (Å²) >= 11 is 0. The summed E-state index contributed by atoms with van der Waals surface area (Å²) in [7, 11) is 0. The zero-order valence-electron chi connectivity index (χ0n) is 14.5. The first kappa shape index (κ1) is 17.8. The van der Waals surface area contributed by atoms with Crippen molar-refractivity contribution in [3.05, 3.63) is 29.8 Å². The van der Waals surface area contributed by atoms with Crippen LogP contribution in [0.1, 0.15) is 75.1 Å². The summed E-state index contributed by atoms with van der Waals surface area (Å²) in [6, 6.07) is 7.30. The number of carboxylic acid groups (broad SMARTS) is 1. The first-order valence-corrected chi connectivity index (χ1v) is 9.29. The number of hydrogen-bond acceptors (Lipinski definition) is 2. The molecule has 0 amide bonds. The monoisotopic (exact) mass is 317 g/mol. The third kappa shape index (κ3) is 5.89. The fourth-order valence-electron chi connectivity index (χ4n) is 3.51. The van der Waals surface area contributed by atoms with E-state index in [1.54, 1.807) is 12.1 Å². The fraction of sp³-hybridized carbons (Fsp3) is 0.650. The maximum Gasteiger partial charge on any atom is 0.335 e. The van der Waals surface area contributed by atoms with Gasteiger partial charge in [0.15, 0.2) is 0 Å². The van der Waals surface area contributed by atoms with Crippen molar-refractivity contribution in [3.8, 4) is 0 Å². The van der Waals surface area contributed by atoms with E-state index in [1.165, 1.54) is 57.8 Å². The molecule has 0 aromatic heterocycles. The summed E-state index contributed by atoms with van der Waals surface area (Å²) in [5.74, 6) is 0.0323. The molecule has 1 aliphatic heterocycles. The number of nitrogens with zero attached hydrogens (tertiary/aromatic N) is 1. The highest BCUT2D eigenvalue weighted by molar-refractivity contribution is 5.88. The molecule has 1 heterocycles. The molecule has 1 N–H and O–H groups in total. The quantitative estimate of drug-likeness (QED) is 0.624. The second-order valence-corrected chi connectivity index (χ2v) is 6.84. The standard InChI is InChI=1S/C20H31NO2/c1-2-3-4-5-6-7-8-17-13-15-21(16-14-17)19-11-9-18(10-12-19)20(22)23/h9-12,17H,2-8,13-16H2,1H3,(H,22,23). The van der Waals surface area contributed by atoms with E-state index in [2.05, 4.69) is 11.8 Å². The van der Waals surface area contributed by atoms with E-state index in [4.69, 9.17) is 5.11 Å². The van der Waals surface area contributed by atoms with Crippen molar-refractivity contribution >= 4 is 11.7 Å². The average molecular weight is 317 g/mol. The molecule has 0 radical (unpaired) electrons. The molecule has 0 bridgehead atoms. The third-order valence-corrected chi connectivity index (χ3v) is 5.06. The van der Waals surface area contributed by atoms with Gasteiger partial charge in [0, 0.05) is 18.8 Å². The number of unbranched alkanes of at least 4 members (excludes halogenated alkanes) is 5. The fourth-order valence-corrected chi connectivity index (χ4v) is 3.51. The van der Waals surface area contributed by atoms with E-state index < -0.39 is 5.97 Å². The Hall–Kier alpha value is -1.51. The van der Waals surface area contributed by atoms with Crippen molar-refractivity contribution in [1.82, 2.24) is 0 Å². The zero-order valence-corrected chi connectivity index (χ0v) is 14.5. The van der Waals surface area contributed by atoms with Gasteiger partial charge in [-0.05, 0) is 43.0 Å². The number of carboxylic acids is 1. The van der Waals surface area contributed by atoms with Gasteiger partial charge < -0.3 is 10.0 Å². The van der Waals surface area contributed by atoms with E-state index in [0.29, 0.717) is 5.56 Å². The van der Waals surface area contributed by atoms with Gasteiger partial charge >= 0.3 is 5.97 Å². The van der Waals surface area contributed by atoms with Crippen LogP contribution in [0.5, 0.6) is 0 Å². The van der Waals surface area contributed by atoms with Crippen LogP contribution in [0.25, 0.3) is 0 Å². The van der Waals surface area contributed by atoms with Crippen molar-refractivity contribution in [2.45, 2.75) is 64.7 Å². The predicted octanol–water partition coefficient (Wildman–Crippen LogP) is 5.35. The summed E-state index contributed by atoms with van der Waals surface area (Å²) < 4.78 is 0. The molecule has 128 valence electrons. The van der Waals surface area contributed by atoms with E-state index in [9.17, 15) is 4.79 Å². The summed E-state index contributed by atoms with van der Waals surface area (Å²) in [4.78, 5) is 13.3. The number of piperidine rings is 1. The Labute approximate surface area is 140 Å². The Bertz CT molecular complexity index is 461. The van der Waals surface area contributed by atoms with Crippen LogP contribution < -0.4 is 4.90 Å². The minimum Gasteiger partial charge on any atom is -0.478 e. The molecule has 2 rings (SSSR count). The lowest BCUT2D eigenvalue weighted by atomic mass is 9.91. The number of carbonyl (C=O) groups is 1. The van der Waals surface area contributed by atoms with Gasteiger partial charge in [0.1, 0.15) is 0 Å². The van der Waals surface area contributed by atoms with Crippen LogP contribution in [-0.4, -0.2) is 24.2 Å². The van der Waals surface area contributed by atoms with Crippen LogP contribution in [0.2, 0.25) is 0 Å². The zero-order chi connectivity index (χ0) is 16.5. The molecular weight excluding hydrogens is 286 g/mol. The lowest BCUT2D eigenvalue weighted by molar-refractivity contribution is 0.0697. The van der Waals surface area contributed by atoms with Gasteiger partial charge in [0.2, 0.25) is 0 Å². The highest BCUT2D eigenvalue weighted by Gasteiger charge is 2.19. The average Bonchev–Trinajstić information content (AvgIpc) is 2.58. The molecule has 3 heteroatoms. The Morgan fingerprint density at radius 1 is 1.04 bits per heavy atom. The molecule has 23 heavy (non-hydrogen) atoms. The number of anilines is 1. The second kappa shape index (κ2) is 9.59. The molecule has 0 saturated carbocycles. The molecule has 0 atom stereocenters. The van der Waals surface area contributed by atoms with Crippen LogP contribution in [0, 0.1) is 5.92 Å². The van der Waals surface area contributed by atoms with E-state index >= 15 is 0 Å². The van der Waals surface area contributed by atoms with Crippen LogP contribution in [0.3, 0.4) is 0 Å². The number of benzene rings is 1. The van der Waals surface area contributed by atoms with Crippen LogP contribution in [-0.2, 0) is 0 Å². The Balaban J connectivity index is 1.66. The summed E-state index contributed by atoms with van der Waals surface area (Å²) in [5, 5.41) is 8.96. The van der Waals surface area contributed by atoms with E-state index in [1.807, 2.05) is 12.1 Å². The second-order valence-electron chi connectivity index (χ2n) is 6.84. The normalized spacial score (nSPS) is 15.8. The van der Waals surface area contributed by atoms with Gasteiger partial charge in [0.05, 0.1) is 5.56 Å². The number of hydrogen-bond donors (Lipinski definition) is 1. The van der Waals surface area contributed by atoms with Crippen LogP contribution >= 0.6 is 0 Å². The van der Waals surface area contributed by atoms with Gasteiger partial charge in [-0.15, -0.1) is 0 Å². The van der Waals surface area contributed by atoms with Crippen molar-refractivity contribution in [3.63, 3.8) is 0 Å². The molecule has 1 fully saturated rings. The van der Waals surface area contributed by atoms with Gasteiger partial charge in [-0.2, -0.15) is 0 Å². The number of rotatable bonds is 9. The topological polar surface area (TPSA) is 40.5 Å². The molecule has 3 nitrogen and oxygen atoms in total. The number of aromatic carboxylic acids is 1. The molecule has 1 aliphatic rings. The van der Waals surface area contributed by atoms with Crippen LogP contribution in [0.15, 0.2) is 24.3 Å². The van der Waals surface area contributed by atoms with Crippen LogP contribution in [0.4, 0.5) is 5.69 Å². The summed E-state index contributed by atoms with van der Waals surface area (Å²) in [5.41, 5.74) is 1.53. The lowest BCUT2D eigenvalue weighted by Crippen LogP contribution is -2.33. The van der Waals surface area contributed by atoms with Gasteiger partial charge in [0.25, 0.3) is 0 Å². The largest absolute Gasteiger partial charge is 0.478 e. The Morgan fingerprint density at radius 3 is 2.26 bits per heavy atom. The first-order valence-electron chi connectivity index (χ1n) is 9.29. The third-order valence-electron chi connectivity index (χ3n) is 5.06. The minimum absolute atomic E-state index is 0.367. The molecule has 0 unspecified atom stereocenters. The highest BCUT2D eigenvalue weighted by Crippen LogP contribution is 2.27. The predicted molar refractivity (Wildman–Crippen MR) is 96.3 cm³/mol. The summed E-state index contributed by atoms with van der Waals surface area (Å²) in [6.07, 6.45) is 12.2. The Kier molecular flexibility index (Phi) is 7.44. The smallest absolute Gasteiger partial charge is 0.335 e. The molecule has 0 spiro atoms. The van der Waals surface area contributed by atoms with Gasteiger partial charge in [-0.1, -0.05) is 51.9 Å². The Morgan fingerprint density at radius 2 is 1.65 bits per heavy atom. The molecular formula is C20H31NO2. The summed E-state index contributed by atoms with van der Waals surface area (Å²) in [6.45, 7) is 4.48. The van der Waals surface area contributed by atoms with Crippen molar-refractivity contribution in [2.75, 3.05) is 18.0 Å². The molecule has 1 aromatic rings. The first-order chi connectivity index (χ1) is 11.2. The molecule has 1 aromatic carbocycles. The maximum atomic E-state index is 10.9. The van der Waals surface area contributed by atoms with Gasteiger partial charge in [-0.3, -0.25) is 0 Å². The minimum atomic E-state index is -0.853. The molecule has 0 aliphatic carbocycles.